The number of hydrogen-bond acceptors (Lipinski definition) is 6. The molecule has 2 heterocycles. The molecule has 1 aliphatic rings. The highest BCUT2D eigenvalue weighted by molar-refractivity contribution is 6.34. The molecule has 5 rings (SSSR count). The number of amides is 2. The lowest BCUT2D eigenvalue weighted by molar-refractivity contribution is -0.121. The minimum atomic E-state index is -0.632. The van der Waals surface area contributed by atoms with Gasteiger partial charge in [0.2, 0.25) is 17.7 Å². The van der Waals surface area contributed by atoms with E-state index in [1.165, 1.54) is 6.20 Å². The molecule has 1 aliphatic heterocycles. The van der Waals surface area contributed by atoms with Gasteiger partial charge >= 0.3 is 0 Å². The van der Waals surface area contributed by atoms with Gasteiger partial charge in [0, 0.05) is 24.0 Å². The van der Waals surface area contributed by atoms with Crippen LogP contribution in [-0.2, 0) is 10.2 Å². The van der Waals surface area contributed by atoms with E-state index in [0.29, 0.717) is 22.0 Å². The molecule has 8 nitrogen and oxygen atoms in total. The van der Waals surface area contributed by atoms with Gasteiger partial charge in [0.15, 0.2) is 0 Å². The first-order valence-electron chi connectivity index (χ1n) is 11.7. The maximum Gasteiger partial charge on any atom is 0.255 e. The molecular weight excluding hydrogens is 525 g/mol. The third kappa shape index (κ3) is 4.88. The number of carbonyl (C=O) groups excluding carboxylic acids is 2. The smallest absolute Gasteiger partial charge is 0.255 e. The molecule has 0 atom stereocenters. The first kappa shape index (κ1) is 25.5. The molecular formula is C28H23Cl2N5O3. The highest BCUT2D eigenvalue weighted by Crippen LogP contribution is 2.42. The predicted molar refractivity (Wildman–Crippen MR) is 149 cm³/mol. The SMILES string of the molecule is CN1C(=O)C(C)(C)c2cc(Nc3ncc(Cl)c(Oc4ccc(C(=O)Nc5ccccc5Cl)cc4)n3)ccc21. The van der Waals surface area contributed by atoms with Crippen molar-refractivity contribution in [2.45, 2.75) is 19.3 Å². The summed E-state index contributed by atoms with van der Waals surface area (Å²) in [6.07, 6.45) is 1.44. The van der Waals surface area contributed by atoms with E-state index in [1.54, 1.807) is 60.5 Å². The zero-order valence-electron chi connectivity index (χ0n) is 20.8. The first-order valence-corrected chi connectivity index (χ1v) is 12.4. The molecule has 0 bridgehead atoms. The lowest BCUT2D eigenvalue weighted by Crippen LogP contribution is -2.33. The Morgan fingerprint density at radius 1 is 1.00 bits per heavy atom. The fourth-order valence-corrected chi connectivity index (χ4v) is 4.52. The van der Waals surface area contributed by atoms with Gasteiger partial charge in [-0.25, -0.2) is 4.98 Å². The zero-order valence-corrected chi connectivity index (χ0v) is 22.3. The maximum atomic E-state index is 12.6. The highest BCUT2D eigenvalue weighted by atomic mass is 35.5. The van der Waals surface area contributed by atoms with E-state index < -0.39 is 5.41 Å². The topological polar surface area (TPSA) is 96.5 Å². The zero-order chi connectivity index (χ0) is 27.0. The second-order valence-electron chi connectivity index (χ2n) is 9.25. The maximum absolute atomic E-state index is 12.6. The molecule has 4 aromatic rings. The summed E-state index contributed by atoms with van der Waals surface area (Å²) in [4.78, 5) is 35.5. The molecule has 38 heavy (non-hydrogen) atoms. The second-order valence-corrected chi connectivity index (χ2v) is 10.1. The number of benzene rings is 3. The van der Waals surface area contributed by atoms with Crippen LogP contribution in [0.1, 0.15) is 29.8 Å². The van der Waals surface area contributed by atoms with Gasteiger partial charge in [0.25, 0.3) is 5.91 Å². The standard InChI is InChI=1S/C28H23Cl2N5O3/c1-28(2)19-14-17(10-13-23(19)35(3)26(28)37)32-27-31-15-21(30)25(34-27)38-18-11-8-16(9-12-18)24(36)33-22-7-5-4-6-20(22)29/h4-15H,1-3H3,(H,33,36)(H,31,32,34). The van der Waals surface area contributed by atoms with Gasteiger partial charge in [-0.2, -0.15) is 4.98 Å². The van der Waals surface area contributed by atoms with Crippen molar-refractivity contribution in [1.29, 1.82) is 0 Å². The summed E-state index contributed by atoms with van der Waals surface area (Å²) >= 11 is 12.4. The largest absolute Gasteiger partial charge is 0.437 e. The minimum absolute atomic E-state index is 0.0374. The number of anilines is 4. The molecule has 3 aromatic carbocycles. The van der Waals surface area contributed by atoms with E-state index in [-0.39, 0.29) is 28.7 Å². The number of fused-ring (bicyclic) bond motifs is 1. The fourth-order valence-electron chi connectivity index (χ4n) is 4.21. The number of halogens is 2. The normalized spacial score (nSPS) is 13.7. The van der Waals surface area contributed by atoms with Crippen molar-refractivity contribution in [3.05, 3.63) is 94.1 Å². The Bertz CT molecular complexity index is 1560. The number of para-hydroxylation sites is 1. The van der Waals surface area contributed by atoms with E-state index in [2.05, 4.69) is 20.6 Å². The number of ether oxygens (including phenoxy) is 1. The van der Waals surface area contributed by atoms with Gasteiger partial charge in [-0.3, -0.25) is 9.59 Å². The average Bonchev–Trinajstić information content (AvgIpc) is 3.07. The summed E-state index contributed by atoms with van der Waals surface area (Å²) in [5.41, 5.74) is 2.83. The molecule has 192 valence electrons. The van der Waals surface area contributed by atoms with Gasteiger partial charge < -0.3 is 20.3 Å². The lowest BCUT2D eigenvalue weighted by Gasteiger charge is -2.17. The van der Waals surface area contributed by atoms with Crippen LogP contribution in [0.15, 0.2) is 72.9 Å². The van der Waals surface area contributed by atoms with E-state index >= 15 is 0 Å². The summed E-state index contributed by atoms with van der Waals surface area (Å²) in [5.74, 6) is 0.591. The Balaban J connectivity index is 1.30. The third-order valence-electron chi connectivity index (χ3n) is 6.29. The lowest BCUT2D eigenvalue weighted by atomic mass is 9.86. The van der Waals surface area contributed by atoms with Crippen molar-refractivity contribution in [3.8, 4) is 11.6 Å². The van der Waals surface area contributed by atoms with Crippen LogP contribution >= 0.6 is 23.2 Å². The number of aromatic nitrogens is 2. The van der Waals surface area contributed by atoms with E-state index in [1.807, 2.05) is 32.0 Å². The Labute approximate surface area is 229 Å². The van der Waals surface area contributed by atoms with Crippen molar-refractivity contribution < 1.29 is 14.3 Å². The van der Waals surface area contributed by atoms with Crippen molar-refractivity contribution >= 4 is 58.0 Å². The number of likely N-dealkylation sites (N-methyl/N-ethyl adjacent to an activating group) is 1. The molecule has 0 unspecified atom stereocenters. The van der Waals surface area contributed by atoms with Crippen LogP contribution in [0, 0.1) is 0 Å². The number of rotatable bonds is 6. The Morgan fingerprint density at radius 3 is 2.47 bits per heavy atom. The monoisotopic (exact) mass is 547 g/mol. The molecule has 2 N–H and O–H groups in total. The van der Waals surface area contributed by atoms with Crippen molar-refractivity contribution in [3.63, 3.8) is 0 Å². The molecule has 2 amide bonds. The average molecular weight is 548 g/mol. The van der Waals surface area contributed by atoms with Crippen LogP contribution in [0.4, 0.5) is 23.0 Å². The van der Waals surface area contributed by atoms with Crippen LogP contribution in [0.5, 0.6) is 11.6 Å². The molecule has 0 saturated carbocycles. The molecule has 10 heteroatoms. The van der Waals surface area contributed by atoms with Gasteiger partial charge in [-0.1, -0.05) is 35.3 Å². The van der Waals surface area contributed by atoms with Crippen LogP contribution in [0.3, 0.4) is 0 Å². The summed E-state index contributed by atoms with van der Waals surface area (Å²) in [6.45, 7) is 3.80. The van der Waals surface area contributed by atoms with Crippen LogP contribution in [-0.4, -0.2) is 28.8 Å². The first-order chi connectivity index (χ1) is 18.1. The minimum Gasteiger partial charge on any atom is -0.437 e. The second kappa shape index (κ2) is 9.96. The van der Waals surface area contributed by atoms with Crippen LogP contribution in [0.2, 0.25) is 10.0 Å². The van der Waals surface area contributed by atoms with Gasteiger partial charge in [0.1, 0.15) is 10.8 Å². The van der Waals surface area contributed by atoms with E-state index in [0.717, 1.165) is 16.9 Å². The molecule has 0 saturated heterocycles. The summed E-state index contributed by atoms with van der Waals surface area (Å²) < 4.78 is 5.87. The Morgan fingerprint density at radius 2 is 1.74 bits per heavy atom. The van der Waals surface area contributed by atoms with Gasteiger partial charge in [-0.05, 0) is 74.0 Å². The highest BCUT2D eigenvalue weighted by Gasteiger charge is 2.42. The van der Waals surface area contributed by atoms with Crippen LogP contribution in [0.25, 0.3) is 0 Å². The van der Waals surface area contributed by atoms with Crippen molar-refractivity contribution in [2.75, 3.05) is 22.6 Å². The van der Waals surface area contributed by atoms with Crippen molar-refractivity contribution in [2.24, 2.45) is 0 Å². The predicted octanol–water partition coefficient (Wildman–Crippen LogP) is 6.83. The third-order valence-corrected chi connectivity index (χ3v) is 6.88. The number of carbonyl (C=O) groups is 2. The van der Waals surface area contributed by atoms with Gasteiger partial charge in [0.05, 0.1) is 22.3 Å². The number of nitrogens with one attached hydrogen (secondary N) is 2. The summed E-state index contributed by atoms with van der Waals surface area (Å²) in [5, 5.41) is 6.60. The molecule has 0 aliphatic carbocycles. The van der Waals surface area contributed by atoms with E-state index in [9.17, 15) is 9.59 Å². The summed E-state index contributed by atoms with van der Waals surface area (Å²) in [6, 6.07) is 19.2. The molecule has 0 fully saturated rings. The molecule has 1 aromatic heterocycles. The number of hydrogen-bond donors (Lipinski definition) is 2. The molecule has 0 spiro atoms. The van der Waals surface area contributed by atoms with Crippen LogP contribution < -0.4 is 20.3 Å². The Kier molecular flexibility index (Phi) is 6.69. The molecule has 0 radical (unpaired) electrons. The van der Waals surface area contributed by atoms with Gasteiger partial charge in [-0.15, -0.1) is 0 Å². The number of nitrogens with zero attached hydrogens (tertiary/aromatic N) is 3. The fraction of sp³-hybridized carbons (Fsp3) is 0.143. The quantitative estimate of drug-likeness (QED) is 0.274. The Hall–Kier alpha value is -4.14. The summed E-state index contributed by atoms with van der Waals surface area (Å²) in [7, 11) is 1.77. The van der Waals surface area contributed by atoms with E-state index in [4.69, 9.17) is 27.9 Å². The van der Waals surface area contributed by atoms with Crippen molar-refractivity contribution in [1.82, 2.24) is 9.97 Å².